The molecule has 0 unspecified atom stereocenters. The van der Waals surface area contributed by atoms with Gasteiger partial charge in [0.15, 0.2) is 0 Å². The Bertz CT molecular complexity index is 403. The van der Waals surface area contributed by atoms with Gasteiger partial charge in [-0.15, -0.1) is 0 Å². The third-order valence-electron chi connectivity index (χ3n) is 2.03. The van der Waals surface area contributed by atoms with Gasteiger partial charge in [0.1, 0.15) is 5.69 Å². The van der Waals surface area contributed by atoms with Crippen molar-refractivity contribution >= 4 is 5.91 Å². The summed E-state index contributed by atoms with van der Waals surface area (Å²) in [6, 6.07) is 4.46. The Morgan fingerprint density at radius 3 is 2.94 bits per heavy atom. The molecule has 1 rings (SSSR count). The van der Waals surface area contributed by atoms with E-state index in [0.717, 1.165) is 0 Å². The van der Waals surface area contributed by atoms with Gasteiger partial charge in [-0.25, -0.2) is 0 Å². The van der Waals surface area contributed by atoms with Crippen LogP contribution < -0.4 is 16.6 Å². The van der Waals surface area contributed by atoms with E-state index in [1.54, 1.807) is 6.07 Å². The lowest BCUT2D eigenvalue weighted by atomic mass is 10.3. The van der Waals surface area contributed by atoms with E-state index < -0.39 is 0 Å². The summed E-state index contributed by atoms with van der Waals surface area (Å²) in [6.07, 6.45) is 0.711. The van der Waals surface area contributed by atoms with Crippen LogP contribution in [0, 0.1) is 0 Å². The van der Waals surface area contributed by atoms with Gasteiger partial charge in [0.05, 0.1) is 6.61 Å². The summed E-state index contributed by atoms with van der Waals surface area (Å²) in [4.78, 5) is 25.0. The maximum Gasteiger partial charge on any atom is 0.267 e. The maximum absolute atomic E-state index is 11.5. The molecule has 0 bridgehead atoms. The van der Waals surface area contributed by atoms with Crippen molar-refractivity contribution in [3.8, 4) is 0 Å². The van der Waals surface area contributed by atoms with Crippen molar-refractivity contribution in [1.82, 2.24) is 10.3 Å². The molecule has 0 aliphatic carbocycles. The normalized spacial score (nSPS) is 10.2. The lowest BCUT2D eigenvalue weighted by Gasteiger charge is -2.05. The summed E-state index contributed by atoms with van der Waals surface area (Å²) < 4.78 is 5.16. The zero-order valence-electron chi connectivity index (χ0n) is 9.57. The number of pyridine rings is 1. The van der Waals surface area contributed by atoms with Crippen molar-refractivity contribution in [2.24, 2.45) is 5.73 Å². The van der Waals surface area contributed by atoms with Crippen LogP contribution in [-0.4, -0.2) is 37.2 Å². The predicted octanol–water partition coefficient (Wildman–Crippen LogP) is -0.530. The number of H-pyrrole nitrogens is 1. The summed E-state index contributed by atoms with van der Waals surface area (Å²) >= 11 is 0. The second kappa shape index (κ2) is 7.59. The number of nitrogens with one attached hydrogen (secondary N) is 2. The molecule has 0 atom stereocenters. The SMILES string of the molecule is NCCOCCCNC(=O)c1cccc(=O)[nH]1. The van der Waals surface area contributed by atoms with Crippen molar-refractivity contribution in [2.75, 3.05) is 26.3 Å². The summed E-state index contributed by atoms with van der Waals surface area (Å²) in [5.74, 6) is -0.290. The molecule has 4 N–H and O–H groups in total. The average molecular weight is 239 g/mol. The Labute approximate surface area is 99.2 Å². The highest BCUT2D eigenvalue weighted by Gasteiger charge is 2.04. The minimum Gasteiger partial charge on any atom is -0.380 e. The molecule has 1 aromatic rings. The van der Waals surface area contributed by atoms with Crippen molar-refractivity contribution in [3.63, 3.8) is 0 Å². The molecule has 94 valence electrons. The van der Waals surface area contributed by atoms with Crippen LogP contribution in [0.3, 0.4) is 0 Å². The van der Waals surface area contributed by atoms with Gasteiger partial charge in [-0.3, -0.25) is 9.59 Å². The molecule has 0 fully saturated rings. The van der Waals surface area contributed by atoms with Crippen LogP contribution >= 0.6 is 0 Å². The molecule has 17 heavy (non-hydrogen) atoms. The molecule has 0 aliphatic heterocycles. The quantitative estimate of drug-likeness (QED) is 0.557. The lowest BCUT2D eigenvalue weighted by Crippen LogP contribution is -2.27. The zero-order chi connectivity index (χ0) is 12.5. The van der Waals surface area contributed by atoms with E-state index in [4.69, 9.17) is 10.5 Å². The van der Waals surface area contributed by atoms with E-state index in [1.807, 2.05) is 0 Å². The molecule has 0 aromatic carbocycles. The molecule has 0 radical (unpaired) electrons. The van der Waals surface area contributed by atoms with Gasteiger partial charge < -0.3 is 20.8 Å². The fourth-order valence-electron chi connectivity index (χ4n) is 1.24. The van der Waals surface area contributed by atoms with Gasteiger partial charge in [0, 0.05) is 25.8 Å². The number of carbonyl (C=O) groups is 1. The topological polar surface area (TPSA) is 97.2 Å². The Morgan fingerprint density at radius 1 is 1.41 bits per heavy atom. The van der Waals surface area contributed by atoms with E-state index in [9.17, 15) is 9.59 Å². The second-order valence-electron chi connectivity index (χ2n) is 3.44. The summed E-state index contributed by atoms with van der Waals surface area (Å²) in [5, 5.41) is 2.68. The Kier molecular flexibility index (Phi) is 5.98. The van der Waals surface area contributed by atoms with E-state index in [2.05, 4.69) is 10.3 Å². The largest absolute Gasteiger partial charge is 0.380 e. The minimum atomic E-state index is -0.290. The monoisotopic (exact) mass is 239 g/mol. The average Bonchev–Trinajstić information content (AvgIpc) is 2.33. The van der Waals surface area contributed by atoms with Gasteiger partial charge in [-0.05, 0) is 12.5 Å². The van der Waals surface area contributed by atoms with Gasteiger partial charge in [-0.1, -0.05) is 6.07 Å². The summed E-state index contributed by atoms with van der Waals surface area (Å²) in [6.45, 7) is 2.08. The molecule has 1 aromatic heterocycles. The number of rotatable bonds is 7. The summed E-state index contributed by atoms with van der Waals surface area (Å²) in [7, 11) is 0. The first-order chi connectivity index (χ1) is 8.24. The van der Waals surface area contributed by atoms with Crippen LogP contribution in [0.5, 0.6) is 0 Å². The van der Waals surface area contributed by atoms with Crippen LogP contribution in [0.2, 0.25) is 0 Å². The standard InChI is InChI=1S/C11H17N3O3/c12-5-8-17-7-2-6-13-11(16)9-3-1-4-10(15)14-9/h1,3-4H,2,5-8,12H2,(H,13,16)(H,14,15). The number of hydrogen-bond donors (Lipinski definition) is 3. The smallest absolute Gasteiger partial charge is 0.267 e. The number of hydrogen-bond acceptors (Lipinski definition) is 4. The molecule has 0 saturated carbocycles. The minimum absolute atomic E-state index is 0.264. The fourth-order valence-corrected chi connectivity index (χ4v) is 1.24. The number of aromatic amines is 1. The first-order valence-electron chi connectivity index (χ1n) is 5.49. The lowest BCUT2D eigenvalue weighted by molar-refractivity contribution is 0.0938. The molecular weight excluding hydrogens is 222 g/mol. The van der Waals surface area contributed by atoms with Gasteiger partial charge in [-0.2, -0.15) is 0 Å². The van der Waals surface area contributed by atoms with Gasteiger partial charge in [0.2, 0.25) is 5.56 Å². The second-order valence-corrected chi connectivity index (χ2v) is 3.44. The van der Waals surface area contributed by atoms with Gasteiger partial charge >= 0.3 is 0 Å². The van der Waals surface area contributed by atoms with E-state index in [0.29, 0.717) is 32.7 Å². The van der Waals surface area contributed by atoms with E-state index in [1.165, 1.54) is 12.1 Å². The Balaban J connectivity index is 2.24. The Morgan fingerprint density at radius 2 is 2.24 bits per heavy atom. The van der Waals surface area contributed by atoms with Crippen LogP contribution in [0.4, 0.5) is 0 Å². The number of carbonyl (C=O) groups excluding carboxylic acids is 1. The first kappa shape index (κ1) is 13.4. The van der Waals surface area contributed by atoms with Crippen molar-refractivity contribution in [1.29, 1.82) is 0 Å². The molecule has 6 heteroatoms. The van der Waals surface area contributed by atoms with E-state index in [-0.39, 0.29) is 17.2 Å². The first-order valence-corrected chi connectivity index (χ1v) is 5.49. The van der Waals surface area contributed by atoms with E-state index >= 15 is 0 Å². The highest BCUT2D eigenvalue weighted by molar-refractivity contribution is 5.92. The third kappa shape index (κ3) is 5.28. The Hall–Kier alpha value is -1.66. The van der Waals surface area contributed by atoms with Crippen LogP contribution in [-0.2, 0) is 4.74 Å². The highest BCUT2D eigenvalue weighted by Crippen LogP contribution is 1.90. The molecular formula is C11H17N3O3. The molecule has 0 saturated heterocycles. The molecule has 1 heterocycles. The number of nitrogens with two attached hydrogens (primary N) is 1. The number of amides is 1. The molecule has 6 nitrogen and oxygen atoms in total. The molecule has 0 spiro atoms. The fraction of sp³-hybridized carbons (Fsp3) is 0.455. The maximum atomic E-state index is 11.5. The van der Waals surface area contributed by atoms with Crippen molar-refractivity contribution in [2.45, 2.75) is 6.42 Å². The van der Waals surface area contributed by atoms with Crippen LogP contribution in [0.25, 0.3) is 0 Å². The number of ether oxygens (including phenoxy) is 1. The van der Waals surface area contributed by atoms with Crippen LogP contribution in [0.1, 0.15) is 16.9 Å². The van der Waals surface area contributed by atoms with Crippen molar-refractivity contribution < 1.29 is 9.53 Å². The van der Waals surface area contributed by atoms with Gasteiger partial charge in [0.25, 0.3) is 5.91 Å². The third-order valence-corrected chi connectivity index (χ3v) is 2.03. The molecule has 1 amide bonds. The summed E-state index contributed by atoms with van der Waals surface area (Å²) in [5.41, 5.74) is 5.23. The zero-order valence-corrected chi connectivity index (χ0v) is 9.57. The number of aromatic nitrogens is 1. The highest BCUT2D eigenvalue weighted by atomic mass is 16.5. The molecule has 0 aliphatic rings. The van der Waals surface area contributed by atoms with Crippen molar-refractivity contribution in [3.05, 3.63) is 34.2 Å². The predicted molar refractivity (Wildman–Crippen MR) is 63.9 cm³/mol. The van der Waals surface area contributed by atoms with Crippen LogP contribution in [0.15, 0.2) is 23.0 Å².